The third-order valence-electron chi connectivity index (χ3n) is 3.14. The Morgan fingerprint density at radius 3 is 3.00 bits per heavy atom. The van der Waals surface area contributed by atoms with Crippen LogP contribution in [0.3, 0.4) is 0 Å². The van der Waals surface area contributed by atoms with Crippen LogP contribution >= 0.6 is 34.2 Å². The number of nitrogens with one attached hydrogen (secondary N) is 1. The van der Waals surface area contributed by atoms with Crippen molar-refractivity contribution >= 4 is 62.5 Å². The third-order valence-corrected chi connectivity index (χ3v) is 4.12. The van der Waals surface area contributed by atoms with Gasteiger partial charge >= 0.3 is 5.97 Å². The minimum Gasteiger partial charge on any atom is -0.460 e. The van der Waals surface area contributed by atoms with E-state index in [2.05, 4.69) is 32.9 Å². The van der Waals surface area contributed by atoms with Gasteiger partial charge in [0.1, 0.15) is 11.3 Å². The second-order valence-electron chi connectivity index (χ2n) is 4.65. The van der Waals surface area contributed by atoms with Crippen LogP contribution < -0.4 is 5.32 Å². The molecule has 0 amide bonds. The molecule has 1 N–H and O–H groups in total. The first-order chi connectivity index (χ1) is 11.1. The zero-order valence-corrected chi connectivity index (χ0v) is 15.0. The number of carbonyl (C=O) groups excluding carboxylic acids is 1. The second-order valence-corrected chi connectivity index (χ2v) is 6.30. The molecule has 0 bridgehead atoms. The maximum Gasteiger partial charge on any atom is 0.376 e. The van der Waals surface area contributed by atoms with E-state index < -0.39 is 5.97 Å². The fourth-order valence-electron chi connectivity index (χ4n) is 2.13. The largest absolute Gasteiger partial charge is 0.460 e. The Bertz CT molecular complexity index is 879. The van der Waals surface area contributed by atoms with E-state index in [1.807, 2.05) is 18.2 Å². The SMILES string of the molecule is CCOC(=O)c1oc2ccncc2c1Nc1ccc(I)cc1Cl. The van der Waals surface area contributed by atoms with Crippen molar-refractivity contribution in [3.8, 4) is 0 Å². The molecule has 2 heterocycles. The molecular formula is C16H12ClIN2O3. The molecule has 7 heteroatoms. The van der Waals surface area contributed by atoms with Gasteiger partial charge in [0.15, 0.2) is 0 Å². The highest BCUT2D eigenvalue weighted by Crippen LogP contribution is 2.35. The predicted octanol–water partition coefficient (Wildman–Crippen LogP) is 5.01. The van der Waals surface area contributed by atoms with E-state index in [1.54, 1.807) is 25.4 Å². The normalized spacial score (nSPS) is 10.7. The number of hydrogen-bond acceptors (Lipinski definition) is 5. The van der Waals surface area contributed by atoms with Crippen LogP contribution in [0.2, 0.25) is 5.02 Å². The van der Waals surface area contributed by atoms with E-state index in [1.165, 1.54) is 0 Å². The monoisotopic (exact) mass is 442 g/mol. The molecule has 0 fully saturated rings. The van der Waals surface area contributed by atoms with Crippen molar-refractivity contribution in [2.75, 3.05) is 11.9 Å². The Morgan fingerprint density at radius 1 is 1.43 bits per heavy atom. The van der Waals surface area contributed by atoms with Gasteiger partial charge in [0.25, 0.3) is 0 Å². The van der Waals surface area contributed by atoms with Crippen LogP contribution in [0.1, 0.15) is 17.5 Å². The fourth-order valence-corrected chi connectivity index (χ4v) is 3.03. The number of halogens is 2. The van der Waals surface area contributed by atoms with Gasteiger partial charge in [-0.25, -0.2) is 4.79 Å². The average molecular weight is 443 g/mol. The smallest absolute Gasteiger partial charge is 0.376 e. The van der Waals surface area contributed by atoms with Gasteiger partial charge in [0.05, 0.1) is 22.7 Å². The summed E-state index contributed by atoms with van der Waals surface area (Å²) in [4.78, 5) is 16.2. The van der Waals surface area contributed by atoms with Crippen LogP contribution in [0.4, 0.5) is 11.4 Å². The molecule has 0 aliphatic rings. The summed E-state index contributed by atoms with van der Waals surface area (Å²) in [6.45, 7) is 2.00. The number of nitrogens with zero attached hydrogens (tertiary/aromatic N) is 1. The van der Waals surface area contributed by atoms with E-state index in [-0.39, 0.29) is 12.4 Å². The first kappa shape index (κ1) is 16.1. The molecule has 0 atom stereocenters. The van der Waals surface area contributed by atoms with Gasteiger partial charge in [-0.2, -0.15) is 0 Å². The number of benzene rings is 1. The van der Waals surface area contributed by atoms with Crippen molar-refractivity contribution in [1.29, 1.82) is 0 Å². The van der Waals surface area contributed by atoms with E-state index in [9.17, 15) is 4.79 Å². The van der Waals surface area contributed by atoms with Crippen LogP contribution in [-0.2, 0) is 4.74 Å². The molecule has 0 spiro atoms. The zero-order valence-electron chi connectivity index (χ0n) is 12.1. The van der Waals surface area contributed by atoms with Gasteiger partial charge in [-0.05, 0) is 53.8 Å². The summed E-state index contributed by atoms with van der Waals surface area (Å²) >= 11 is 8.44. The number of pyridine rings is 1. The minimum atomic E-state index is -0.534. The molecule has 1 aromatic carbocycles. The molecule has 3 aromatic rings. The topological polar surface area (TPSA) is 64.4 Å². The second kappa shape index (κ2) is 6.76. The molecule has 0 aliphatic heterocycles. The standard InChI is InChI=1S/C16H12ClIN2O3/c1-2-22-16(21)15-14(10-8-19-6-5-13(10)23-15)20-12-4-3-9(18)7-11(12)17/h3-8,20H,2H2,1H3. The molecule has 0 saturated heterocycles. The Balaban J connectivity index is 2.10. The average Bonchev–Trinajstić information content (AvgIpc) is 2.89. The number of fused-ring (bicyclic) bond motifs is 1. The molecule has 0 unspecified atom stereocenters. The third kappa shape index (κ3) is 3.28. The molecule has 0 aliphatic carbocycles. The van der Waals surface area contributed by atoms with Crippen LogP contribution in [0.5, 0.6) is 0 Å². The van der Waals surface area contributed by atoms with Crippen LogP contribution in [0, 0.1) is 3.57 Å². The zero-order chi connectivity index (χ0) is 16.4. The molecule has 0 saturated carbocycles. The number of aromatic nitrogens is 1. The van der Waals surface area contributed by atoms with E-state index in [0.29, 0.717) is 27.4 Å². The Labute approximate surface area is 151 Å². The molecular weight excluding hydrogens is 431 g/mol. The molecule has 0 radical (unpaired) electrons. The molecule has 3 rings (SSSR count). The highest BCUT2D eigenvalue weighted by atomic mass is 127. The molecule has 118 valence electrons. The van der Waals surface area contributed by atoms with Gasteiger partial charge in [0.2, 0.25) is 5.76 Å². The van der Waals surface area contributed by atoms with Crippen molar-refractivity contribution < 1.29 is 13.9 Å². The van der Waals surface area contributed by atoms with Crippen LogP contribution in [-0.4, -0.2) is 17.6 Å². The van der Waals surface area contributed by atoms with Gasteiger partial charge in [-0.1, -0.05) is 11.6 Å². The minimum absolute atomic E-state index is 0.101. The van der Waals surface area contributed by atoms with Gasteiger partial charge < -0.3 is 14.5 Å². The van der Waals surface area contributed by atoms with Gasteiger partial charge in [-0.15, -0.1) is 0 Å². The van der Waals surface area contributed by atoms with Crippen molar-refractivity contribution in [2.24, 2.45) is 0 Å². The number of esters is 1. The van der Waals surface area contributed by atoms with Crippen molar-refractivity contribution in [2.45, 2.75) is 6.92 Å². The molecule has 5 nitrogen and oxygen atoms in total. The van der Waals surface area contributed by atoms with Crippen molar-refractivity contribution in [3.05, 3.63) is 51.0 Å². The summed E-state index contributed by atoms with van der Waals surface area (Å²) in [5, 5.41) is 4.39. The lowest BCUT2D eigenvalue weighted by Crippen LogP contribution is -2.06. The predicted molar refractivity (Wildman–Crippen MR) is 97.4 cm³/mol. The summed E-state index contributed by atoms with van der Waals surface area (Å²) in [5.74, 6) is -0.433. The maximum absolute atomic E-state index is 12.2. The van der Waals surface area contributed by atoms with Gasteiger partial charge in [0, 0.05) is 16.0 Å². The lowest BCUT2D eigenvalue weighted by atomic mass is 10.2. The first-order valence-electron chi connectivity index (χ1n) is 6.86. The van der Waals surface area contributed by atoms with Crippen LogP contribution in [0.25, 0.3) is 11.0 Å². The number of hydrogen-bond donors (Lipinski definition) is 1. The van der Waals surface area contributed by atoms with Gasteiger partial charge in [-0.3, -0.25) is 4.98 Å². The quantitative estimate of drug-likeness (QED) is 0.455. The number of furan rings is 1. The number of anilines is 2. The van der Waals surface area contributed by atoms with Crippen molar-refractivity contribution in [3.63, 3.8) is 0 Å². The summed E-state index contributed by atoms with van der Waals surface area (Å²) in [6, 6.07) is 7.28. The highest BCUT2D eigenvalue weighted by molar-refractivity contribution is 14.1. The van der Waals surface area contributed by atoms with E-state index in [4.69, 9.17) is 20.8 Å². The first-order valence-corrected chi connectivity index (χ1v) is 8.31. The van der Waals surface area contributed by atoms with Crippen molar-refractivity contribution in [1.82, 2.24) is 4.98 Å². The molecule has 23 heavy (non-hydrogen) atoms. The Kier molecular flexibility index (Phi) is 4.72. The Hall–Kier alpha value is -1.80. The fraction of sp³-hybridized carbons (Fsp3) is 0.125. The lowest BCUT2D eigenvalue weighted by molar-refractivity contribution is 0.0494. The van der Waals surface area contributed by atoms with Crippen LogP contribution in [0.15, 0.2) is 41.1 Å². The summed E-state index contributed by atoms with van der Waals surface area (Å²) in [7, 11) is 0. The summed E-state index contributed by atoms with van der Waals surface area (Å²) in [5.41, 5.74) is 1.71. The molecule has 2 aromatic heterocycles. The number of carbonyl (C=O) groups is 1. The number of rotatable bonds is 4. The maximum atomic E-state index is 12.2. The highest BCUT2D eigenvalue weighted by Gasteiger charge is 2.22. The Morgan fingerprint density at radius 2 is 2.26 bits per heavy atom. The van der Waals surface area contributed by atoms with E-state index >= 15 is 0 Å². The summed E-state index contributed by atoms with van der Waals surface area (Å²) in [6.07, 6.45) is 3.23. The number of ether oxygens (including phenoxy) is 1. The van der Waals surface area contributed by atoms with E-state index in [0.717, 1.165) is 3.57 Å². The summed E-state index contributed by atoms with van der Waals surface area (Å²) < 4.78 is 11.7. The lowest BCUT2D eigenvalue weighted by Gasteiger charge is -2.09.